The lowest BCUT2D eigenvalue weighted by Crippen LogP contribution is -2.53. The summed E-state index contributed by atoms with van der Waals surface area (Å²) in [5.74, 6) is 0.0439. The second-order valence-electron chi connectivity index (χ2n) is 7.70. The zero-order valence-electron chi connectivity index (χ0n) is 17.8. The van der Waals surface area contributed by atoms with E-state index in [1.54, 1.807) is 53.1 Å². The lowest BCUT2D eigenvalue weighted by Gasteiger charge is -2.35. The maximum Gasteiger partial charge on any atom is 0.269 e. The molecular weight excluding hydrogens is 422 g/mol. The number of nitrogens with zero attached hydrogens (tertiary/aromatic N) is 5. The van der Waals surface area contributed by atoms with Crippen LogP contribution < -0.4 is 10.6 Å². The lowest BCUT2D eigenvalue weighted by atomic mass is 10.0. The monoisotopic (exact) mass is 443 g/mol. The molecule has 0 saturated carbocycles. The SMILES string of the molecule is CNC(=O)c1ccc(Nc2nc3c(-c4ccc(C(=O)N5CC(O)C5)cc4)cccn3n2)cn1. The topological polar surface area (TPSA) is 125 Å². The average molecular weight is 443 g/mol. The first-order valence-electron chi connectivity index (χ1n) is 10.4. The fraction of sp³-hybridized carbons (Fsp3) is 0.174. The molecule has 4 aromatic rings. The third kappa shape index (κ3) is 3.99. The van der Waals surface area contributed by atoms with Crippen LogP contribution >= 0.6 is 0 Å². The normalized spacial score (nSPS) is 13.6. The number of anilines is 2. The number of aliphatic hydroxyl groups excluding tert-OH is 1. The van der Waals surface area contributed by atoms with E-state index in [0.717, 1.165) is 11.1 Å². The van der Waals surface area contributed by atoms with Gasteiger partial charge in [-0.2, -0.15) is 4.98 Å². The fourth-order valence-corrected chi connectivity index (χ4v) is 3.64. The Morgan fingerprint density at radius 3 is 2.55 bits per heavy atom. The standard InChI is InChI=1S/C23H21N7O3/c1-24-21(32)19-9-8-16(11-25-19)26-23-27-20-18(3-2-10-30(20)28-23)14-4-6-15(7-5-14)22(33)29-12-17(31)13-29/h2-11,17,31H,12-13H2,1H3,(H,24,32)(H,26,28). The van der Waals surface area contributed by atoms with Gasteiger partial charge in [0.25, 0.3) is 11.8 Å². The summed E-state index contributed by atoms with van der Waals surface area (Å²) in [4.78, 5) is 34.4. The summed E-state index contributed by atoms with van der Waals surface area (Å²) in [7, 11) is 1.55. The van der Waals surface area contributed by atoms with Gasteiger partial charge in [0.2, 0.25) is 5.95 Å². The number of carbonyl (C=O) groups is 2. The highest BCUT2D eigenvalue weighted by molar-refractivity contribution is 5.95. The van der Waals surface area contributed by atoms with Crippen LogP contribution in [0.15, 0.2) is 60.9 Å². The summed E-state index contributed by atoms with van der Waals surface area (Å²) in [5, 5.41) is 19.5. The van der Waals surface area contributed by atoms with Gasteiger partial charge in [0.1, 0.15) is 5.69 Å². The minimum atomic E-state index is -0.425. The molecule has 1 saturated heterocycles. The second-order valence-corrected chi connectivity index (χ2v) is 7.70. The van der Waals surface area contributed by atoms with E-state index < -0.39 is 6.10 Å². The first kappa shape index (κ1) is 20.6. The number of amides is 2. The van der Waals surface area contributed by atoms with Crippen molar-refractivity contribution in [3.8, 4) is 11.1 Å². The number of β-amino-alcohol motifs (C(OH)–C–C–N with tert-alkyl or cyclic N) is 1. The largest absolute Gasteiger partial charge is 0.389 e. The van der Waals surface area contributed by atoms with Crippen LogP contribution in [0.4, 0.5) is 11.6 Å². The van der Waals surface area contributed by atoms with Gasteiger partial charge in [0.05, 0.1) is 18.0 Å². The Morgan fingerprint density at radius 2 is 1.88 bits per heavy atom. The van der Waals surface area contributed by atoms with Crippen molar-refractivity contribution in [3.63, 3.8) is 0 Å². The van der Waals surface area contributed by atoms with Crippen LogP contribution in [0.5, 0.6) is 0 Å². The molecule has 2 amide bonds. The molecule has 1 fully saturated rings. The van der Waals surface area contributed by atoms with Crippen LogP contribution in [0.1, 0.15) is 20.8 Å². The number of hydrogen-bond acceptors (Lipinski definition) is 7. The molecule has 0 spiro atoms. The van der Waals surface area contributed by atoms with Gasteiger partial charge < -0.3 is 20.6 Å². The first-order valence-corrected chi connectivity index (χ1v) is 10.4. The molecule has 4 heterocycles. The third-order valence-electron chi connectivity index (χ3n) is 5.43. The molecule has 0 atom stereocenters. The van der Waals surface area contributed by atoms with Crippen LogP contribution in [-0.2, 0) is 0 Å². The number of nitrogens with one attached hydrogen (secondary N) is 2. The number of aromatic nitrogens is 4. The zero-order valence-corrected chi connectivity index (χ0v) is 17.8. The summed E-state index contributed by atoms with van der Waals surface area (Å²) in [6, 6.07) is 14.5. The van der Waals surface area contributed by atoms with Crippen LogP contribution in [-0.4, -0.2) is 67.6 Å². The summed E-state index contributed by atoms with van der Waals surface area (Å²) < 4.78 is 1.67. The van der Waals surface area contributed by atoms with Gasteiger partial charge in [0, 0.05) is 37.5 Å². The van der Waals surface area contributed by atoms with Gasteiger partial charge in [-0.05, 0) is 42.0 Å². The Balaban J connectivity index is 1.38. The summed E-state index contributed by atoms with van der Waals surface area (Å²) in [6.45, 7) is 0.749. The maximum absolute atomic E-state index is 12.4. The molecule has 1 aliphatic rings. The van der Waals surface area contributed by atoms with Crippen LogP contribution in [0, 0.1) is 0 Å². The van der Waals surface area contributed by atoms with Gasteiger partial charge >= 0.3 is 0 Å². The number of likely N-dealkylation sites (tertiary alicyclic amines) is 1. The Morgan fingerprint density at radius 1 is 1.09 bits per heavy atom. The van der Waals surface area contributed by atoms with Gasteiger partial charge in [-0.15, -0.1) is 5.10 Å². The molecule has 0 bridgehead atoms. The Kier molecular flexibility index (Phi) is 5.19. The molecule has 10 heteroatoms. The molecule has 0 unspecified atom stereocenters. The Bertz CT molecular complexity index is 1330. The zero-order chi connectivity index (χ0) is 22.9. The molecule has 10 nitrogen and oxygen atoms in total. The molecule has 166 valence electrons. The van der Waals surface area contributed by atoms with Crippen molar-refractivity contribution >= 4 is 29.1 Å². The molecule has 0 radical (unpaired) electrons. The number of rotatable bonds is 5. The van der Waals surface area contributed by atoms with Crippen molar-refractivity contribution in [3.05, 3.63) is 72.2 Å². The van der Waals surface area contributed by atoms with E-state index in [4.69, 9.17) is 0 Å². The summed E-state index contributed by atoms with van der Waals surface area (Å²) >= 11 is 0. The van der Waals surface area contributed by atoms with E-state index in [1.807, 2.05) is 24.3 Å². The first-order chi connectivity index (χ1) is 16.0. The predicted octanol–water partition coefficient (Wildman–Crippen LogP) is 1.71. The quantitative estimate of drug-likeness (QED) is 0.429. The fourth-order valence-electron chi connectivity index (χ4n) is 3.64. The van der Waals surface area contributed by atoms with E-state index in [-0.39, 0.29) is 11.8 Å². The lowest BCUT2D eigenvalue weighted by molar-refractivity contribution is 0.00589. The number of aliphatic hydroxyl groups is 1. The molecule has 1 aliphatic heterocycles. The summed E-state index contributed by atoms with van der Waals surface area (Å²) in [5.41, 5.74) is 3.97. The number of hydrogen-bond donors (Lipinski definition) is 3. The number of benzene rings is 1. The van der Waals surface area contributed by atoms with E-state index in [2.05, 4.69) is 25.7 Å². The van der Waals surface area contributed by atoms with Gasteiger partial charge in [-0.3, -0.25) is 9.59 Å². The molecule has 1 aromatic carbocycles. The second kappa shape index (κ2) is 8.32. The Labute approximate surface area is 188 Å². The molecule has 33 heavy (non-hydrogen) atoms. The molecule has 0 aliphatic carbocycles. The maximum atomic E-state index is 12.4. The molecular formula is C23H21N7O3. The Hall–Kier alpha value is -4.31. The average Bonchev–Trinajstić information content (AvgIpc) is 3.24. The van der Waals surface area contributed by atoms with E-state index in [0.29, 0.717) is 41.6 Å². The van der Waals surface area contributed by atoms with Crippen molar-refractivity contribution in [2.24, 2.45) is 0 Å². The van der Waals surface area contributed by atoms with Crippen molar-refractivity contribution in [1.29, 1.82) is 0 Å². The van der Waals surface area contributed by atoms with E-state index >= 15 is 0 Å². The van der Waals surface area contributed by atoms with Crippen molar-refractivity contribution in [2.45, 2.75) is 6.10 Å². The van der Waals surface area contributed by atoms with Crippen LogP contribution in [0.3, 0.4) is 0 Å². The number of fused-ring (bicyclic) bond motifs is 1. The highest BCUT2D eigenvalue weighted by Gasteiger charge is 2.29. The van der Waals surface area contributed by atoms with Gasteiger partial charge in [0.15, 0.2) is 5.65 Å². The molecule has 3 aromatic heterocycles. The smallest absolute Gasteiger partial charge is 0.269 e. The minimum absolute atomic E-state index is 0.0879. The van der Waals surface area contributed by atoms with Gasteiger partial charge in [-0.1, -0.05) is 12.1 Å². The number of pyridine rings is 2. The van der Waals surface area contributed by atoms with Crippen LogP contribution in [0.25, 0.3) is 16.8 Å². The van der Waals surface area contributed by atoms with Crippen molar-refractivity contribution < 1.29 is 14.7 Å². The van der Waals surface area contributed by atoms with Crippen LogP contribution in [0.2, 0.25) is 0 Å². The van der Waals surface area contributed by atoms with Gasteiger partial charge in [-0.25, -0.2) is 9.50 Å². The van der Waals surface area contributed by atoms with E-state index in [1.165, 1.54) is 0 Å². The van der Waals surface area contributed by atoms with Crippen molar-refractivity contribution in [2.75, 3.05) is 25.5 Å². The predicted molar refractivity (Wildman–Crippen MR) is 121 cm³/mol. The summed E-state index contributed by atoms with van der Waals surface area (Å²) in [6.07, 6.45) is 2.92. The molecule has 5 rings (SSSR count). The minimum Gasteiger partial charge on any atom is -0.389 e. The molecule has 3 N–H and O–H groups in total. The van der Waals surface area contributed by atoms with Crippen molar-refractivity contribution in [1.82, 2.24) is 29.8 Å². The highest BCUT2D eigenvalue weighted by Crippen LogP contribution is 2.26. The highest BCUT2D eigenvalue weighted by atomic mass is 16.3. The third-order valence-corrected chi connectivity index (χ3v) is 5.43. The van der Waals surface area contributed by atoms with E-state index in [9.17, 15) is 14.7 Å². The number of carbonyl (C=O) groups excluding carboxylic acids is 2.